The molecule has 0 unspecified atom stereocenters. The van der Waals surface area contributed by atoms with Crippen molar-refractivity contribution in [2.45, 2.75) is 6.42 Å². The summed E-state index contributed by atoms with van der Waals surface area (Å²) in [7, 11) is 1.45. The molecule has 0 radical (unpaired) electrons. The topological polar surface area (TPSA) is 64.4 Å². The summed E-state index contributed by atoms with van der Waals surface area (Å²) in [6.45, 7) is 0. The van der Waals surface area contributed by atoms with Crippen LogP contribution in [0.5, 0.6) is 11.5 Å². The van der Waals surface area contributed by atoms with Gasteiger partial charge in [0.25, 0.3) is 5.56 Å². The molecule has 5 nitrogen and oxygen atoms in total. The zero-order valence-electron chi connectivity index (χ0n) is 11.3. The van der Waals surface area contributed by atoms with Crippen molar-refractivity contribution in [1.82, 2.24) is 9.55 Å². The first-order valence-corrected chi connectivity index (χ1v) is 6.60. The fourth-order valence-electron chi connectivity index (χ4n) is 2.83. The largest absolute Gasteiger partial charge is 0.504 e. The molecule has 2 aromatic carbocycles. The molecule has 2 heterocycles. The van der Waals surface area contributed by atoms with Crippen molar-refractivity contribution in [3.05, 3.63) is 58.1 Å². The molecule has 104 valence electrons. The van der Waals surface area contributed by atoms with Crippen molar-refractivity contribution in [3.63, 3.8) is 0 Å². The Hall–Kier alpha value is -2.82. The van der Waals surface area contributed by atoms with Crippen LogP contribution in [0, 0.1) is 0 Å². The van der Waals surface area contributed by atoms with Gasteiger partial charge in [0, 0.05) is 12.5 Å². The molecule has 0 amide bonds. The molecule has 1 N–H and O–H groups in total. The van der Waals surface area contributed by atoms with Crippen LogP contribution in [-0.2, 0) is 6.42 Å². The molecule has 0 saturated heterocycles. The van der Waals surface area contributed by atoms with E-state index in [2.05, 4.69) is 4.98 Å². The molecular formula is C16H12N2O3. The number of ether oxygens (including phenoxy) is 1. The Labute approximate surface area is 120 Å². The molecule has 0 spiro atoms. The van der Waals surface area contributed by atoms with Gasteiger partial charge in [-0.3, -0.25) is 9.36 Å². The second kappa shape index (κ2) is 4.09. The Morgan fingerprint density at radius 3 is 2.90 bits per heavy atom. The second-order valence-electron chi connectivity index (χ2n) is 5.02. The lowest BCUT2D eigenvalue weighted by Crippen LogP contribution is -2.20. The van der Waals surface area contributed by atoms with Crippen LogP contribution in [0.2, 0.25) is 0 Å². The maximum absolute atomic E-state index is 12.7. The van der Waals surface area contributed by atoms with Crippen LogP contribution in [0.4, 0.5) is 0 Å². The maximum Gasteiger partial charge on any atom is 0.266 e. The Morgan fingerprint density at radius 1 is 1.29 bits per heavy atom. The summed E-state index contributed by atoms with van der Waals surface area (Å²) in [5, 5.41) is 10.3. The lowest BCUT2D eigenvalue weighted by atomic mass is 10.1. The van der Waals surface area contributed by atoms with Crippen LogP contribution in [0.25, 0.3) is 16.6 Å². The minimum absolute atomic E-state index is 0.0163. The van der Waals surface area contributed by atoms with Crippen molar-refractivity contribution in [2.75, 3.05) is 7.11 Å². The highest BCUT2D eigenvalue weighted by molar-refractivity contribution is 5.82. The van der Waals surface area contributed by atoms with Crippen molar-refractivity contribution < 1.29 is 9.84 Å². The normalized spacial score (nSPS) is 12.2. The van der Waals surface area contributed by atoms with Crippen molar-refractivity contribution >= 4 is 10.9 Å². The molecule has 1 aliphatic rings. The Morgan fingerprint density at radius 2 is 2.10 bits per heavy atom. The van der Waals surface area contributed by atoms with E-state index in [1.165, 1.54) is 19.2 Å². The van der Waals surface area contributed by atoms with Crippen molar-refractivity contribution in [1.29, 1.82) is 0 Å². The molecule has 1 aromatic heterocycles. The van der Waals surface area contributed by atoms with Gasteiger partial charge in [0.2, 0.25) is 0 Å². The molecule has 3 aromatic rings. The van der Waals surface area contributed by atoms with Gasteiger partial charge in [0.1, 0.15) is 5.82 Å². The number of fused-ring (bicyclic) bond motifs is 4. The summed E-state index contributed by atoms with van der Waals surface area (Å²) < 4.78 is 6.70. The quantitative estimate of drug-likeness (QED) is 0.579. The van der Waals surface area contributed by atoms with E-state index in [-0.39, 0.29) is 17.1 Å². The van der Waals surface area contributed by atoms with Gasteiger partial charge >= 0.3 is 0 Å². The molecule has 0 fully saturated rings. The number of phenolic OH excluding ortho intramolecular Hbond substituents is 1. The molecule has 5 heteroatoms. The minimum Gasteiger partial charge on any atom is -0.504 e. The Kier molecular flexibility index (Phi) is 2.33. The van der Waals surface area contributed by atoms with Crippen LogP contribution in [0.15, 0.2) is 41.2 Å². The van der Waals surface area contributed by atoms with Gasteiger partial charge in [-0.1, -0.05) is 18.2 Å². The van der Waals surface area contributed by atoms with E-state index >= 15 is 0 Å². The average Bonchev–Trinajstić information content (AvgIpc) is 2.85. The van der Waals surface area contributed by atoms with E-state index < -0.39 is 0 Å². The second-order valence-corrected chi connectivity index (χ2v) is 5.02. The number of methoxy groups -OCH3 is 1. The number of aromatic hydroxyl groups is 1. The first-order chi connectivity index (χ1) is 10.2. The van der Waals surface area contributed by atoms with Crippen molar-refractivity contribution in [3.8, 4) is 17.2 Å². The third kappa shape index (κ3) is 1.57. The first kappa shape index (κ1) is 12.0. The third-order valence-corrected chi connectivity index (χ3v) is 3.82. The number of para-hydroxylation sites is 1. The highest BCUT2D eigenvalue weighted by Gasteiger charge is 2.22. The smallest absolute Gasteiger partial charge is 0.266 e. The molecule has 0 atom stereocenters. The third-order valence-electron chi connectivity index (χ3n) is 3.82. The van der Waals surface area contributed by atoms with E-state index in [0.717, 1.165) is 11.3 Å². The summed E-state index contributed by atoms with van der Waals surface area (Å²) in [6, 6.07) is 10.8. The predicted octanol–water partition coefficient (Wildman–Crippen LogP) is 2.00. The lowest BCUT2D eigenvalue weighted by Gasteiger charge is -2.08. The standard InChI is InChI=1S/C16H12N2O3/c1-21-14-7-10-11(8-13(14)19)17-15-6-9-4-2-3-5-12(9)18(15)16(10)20/h2-5,7-8,19H,6H2,1H3. The Bertz CT molecular complexity index is 944. The lowest BCUT2D eigenvalue weighted by molar-refractivity contribution is 0.374. The monoisotopic (exact) mass is 280 g/mol. The van der Waals surface area contributed by atoms with Gasteiger partial charge in [0.15, 0.2) is 11.5 Å². The van der Waals surface area contributed by atoms with E-state index in [9.17, 15) is 9.90 Å². The zero-order valence-corrected chi connectivity index (χ0v) is 11.3. The number of aromatic nitrogens is 2. The van der Waals surface area contributed by atoms with Gasteiger partial charge in [-0.2, -0.15) is 0 Å². The van der Waals surface area contributed by atoms with E-state index in [1.807, 2.05) is 24.3 Å². The molecule has 21 heavy (non-hydrogen) atoms. The van der Waals surface area contributed by atoms with E-state index in [4.69, 9.17) is 4.74 Å². The maximum atomic E-state index is 12.7. The number of hydrogen-bond acceptors (Lipinski definition) is 4. The van der Waals surface area contributed by atoms with Crippen LogP contribution in [0.1, 0.15) is 11.4 Å². The highest BCUT2D eigenvalue weighted by Crippen LogP contribution is 2.31. The van der Waals surface area contributed by atoms with Crippen LogP contribution >= 0.6 is 0 Å². The van der Waals surface area contributed by atoms with Gasteiger partial charge in [-0.05, 0) is 17.7 Å². The molecular weight excluding hydrogens is 268 g/mol. The zero-order chi connectivity index (χ0) is 14.6. The number of nitrogens with zero attached hydrogens (tertiary/aromatic N) is 2. The van der Waals surface area contributed by atoms with Crippen molar-refractivity contribution in [2.24, 2.45) is 0 Å². The molecule has 0 saturated carbocycles. The van der Waals surface area contributed by atoms with Gasteiger partial charge in [0.05, 0.1) is 23.7 Å². The number of hydrogen-bond donors (Lipinski definition) is 1. The van der Waals surface area contributed by atoms with E-state index in [1.54, 1.807) is 4.57 Å². The number of rotatable bonds is 1. The number of benzene rings is 2. The summed E-state index contributed by atoms with van der Waals surface area (Å²) >= 11 is 0. The fraction of sp³-hybridized carbons (Fsp3) is 0.125. The highest BCUT2D eigenvalue weighted by atomic mass is 16.5. The van der Waals surface area contributed by atoms with Crippen LogP contribution < -0.4 is 10.3 Å². The average molecular weight is 280 g/mol. The first-order valence-electron chi connectivity index (χ1n) is 6.60. The van der Waals surface area contributed by atoms with Crippen LogP contribution in [-0.4, -0.2) is 21.8 Å². The molecule has 0 bridgehead atoms. The summed E-state index contributed by atoms with van der Waals surface area (Å²) in [5.74, 6) is 0.948. The SMILES string of the molecule is COc1cc2c(=O)n3c(nc2cc1O)Cc1ccccc1-3. The Balaban J connectivity index is 2.11. The van der Waals surface area contributed by atoms with Crippen LogP contribution in [0.3, 0.4) is 0 Å². The van der Waals surface area contributed by atoms with Gasteiger partial charge in [-0.15, -0.1) is 0 Å². The summed E-state index contributed by atoms with van der Waals surface area (Å²) in [4.78, 5) is 17.3. The summed E-state index contributed by atoms with van der Waals surface area (Å²) in [5.41, 5.74) is 2.29. The van der Waals surface area contributed by atoms with Gasteiger partial charge < -0.3 is 9.84 Å². The fourth-order valence-corrected chi connectivity index (χ4v) is 2.83. The van der Waals surface area contributed by atoms with Gasteiger partial charge in [-0.25, -0.2) is 4.98 Å². The molecule has 4 rings (SSSR count). The summed E-state index contributed by atoms with van der Waals surface area (Å²) in [6.07, 6.45) is 0.619. The number of phenols is 1. The minimum atomic E-state index is -0.141. The molecule has 0 aliphatic carbocycles. The van der Waals surface area contributed by atoms with E-state index in [0.29, 0.717) is 23.1 Å². The molecule has 1 aliphatic heterocycles. The predicted molar refractivity (Wildman–Crippen MR) is 78.4 cm³/mol.